The standard InChI is InChI=1S/C5H11NO4/c7-3-4(8)1-2-5(9)6-10/h4,7-8,10H,1-3H2,(H,6,9). The van der Waals surface area contributed by atoms with Gasteiger partial charge in [-0.05, 0) is 6.42 Å². The molecule has 0 aliphatic carbocycles. The first-order valence-corrected chi connectivity index (χ1v) is 2.92. The molecule has 5 heteroatoms. The molecule has 0 saturated carbocycles. The molecule has 0 aromatic heterocycles. The van der Waals surface area contributed by atoms with Gasteiger partial charge in [0, 0.05) is 6.42 Å². The van der Waals surface area contributed by atoms with Gasteiger partial charge in [0.1, 0.15) is 0 Å². The van der Waals surface area contributed by atoms with Gasteiger partial charge < -0.3 is 10.2 Å². The third kappa shape index (κ3) is 4.25. The SMILES string of the molecule is O=C(CCC(O)CO)NO. The molecule has 10 heavy (non-hydrogen) atoms. The number of carbonyl (C=O) groups is 1. The quantitative estimate of drug-likeness (QED) is 0.293. The van der Waals surface area contributed by atoms with Crippen molar-refractivity contribution in [2.24, 2.45) is 0 Å². The fourth-order valence-electron chi connectivity index (χ4n) is 0.445. The number of carbonyl (C=O) groups excluding carboxylic acids is 1. The molecule has 1 amide bonds. The molecule has 60 valence electrons. The smallest absolute Gasteiger partial charge is 0.243 e. The van der Waals surface area contributed by atoms with Crippen molar-refractivity contribution >= 4 is 5.91 Å². The summed E-state index contributed by atoms with van der Waals surface area (Å²) in [5, 5.41) is 24.9. The third-order valence-electron chi connectivity index (χ3n) is 1.04. The zero-order valence-electron chi connectivity index (χ0n) is 5.45. The van der Waals surface area contributed by atoms with E-state index >= 15 is 0 Å². The number of hydrogen-bond donors (Lipinski definition) is 4. The van der Waals surface area contributed by atoms with Gasteiger partial charge in [-0.2, -0.15) is 0 Å². The van der Waals surface area contributed by atoms with Gasteiger partial charge in [-0.1, -0.05) is 0 Å². The van der Waals surface area contributed by atoms with Gasteiger partial charge in [0.15, 0.2) is 0 Å². The van der Waals surface area contributed by atoms with Crippen LogP contribution in [0.3, 0.4) is 0 Å². The molecule has 0 aliphatic heterocycles. The Kier molecular flexibility index (Phi) is 4.82. The molecule has 0 spiro atoms. The van der Waals surface area contributed by atoms with E-state index in [-0.39, 0.29) is 19.4 Å². The molecule has 0 radical (unpaired) electrons. The maximum Gasteiger partial charge on any atom is 0.243 e. The van der Waals surface area contributed by atoms with Gasteiger partial charge in [-0.15, -0.1) is 0 Å². The summed E-state index contributed by atoms with van der Waals surface area (Å²) < 4.78 is 0. The first-order chi connectivity index (χ1) is 4.70. The average Bonchev–Trinajstić information content (AvgIpc) is 1.99. The normalized spacial score (nSPS) is 12.7. The first-order valence-electron chi connectivity index (χ1n) is 2.92. The molecular weight excluding hydrogens is 138 g/mol. The molecule has 0 rings (SSSR count). The van der Waals surface area contributed by atoms with Gasteiger partial charge in [-0.25, -0.2) is 5.48 Å². The Morgan fingerprint density at radius 1 is 1.60 bits per heavy atom. The highest BCUT2D eigenvalue weighted by Gasteiger charge is 2.04. The molecule has 0 aromatic carbocycles. The molecule has 0 bridgehead atoms. The number of rotatable bonds is 4. The van der Waals surface area contributed by atoms with Crippen molar-refractivity contribution < 1.29 is 20.2 Å². The predicted molar refractivity (Wildman–Crippen MR) is 32.3 cm³/mol. The summed E-state index contributed by atoms with van der Waals surface area (Å²) in [5.74, 6) is -0.562. The molecule has 0 aromatic rings. The van der Waals surface area contributed by atoms with Crippen LogP contribution < -0.4 is 5.48 Å². The highest BCUT2D eigenvalue weighted by molar-refractivity contribution is 5.74. The number of hydrogen-bond acceptors (Lipinski definition) is 4. The zero-order valence-corrected chi connectivity index (χ0v) is 5.45. The lowest BCUT2D eigenvalue weighted by atomic mass is 10.2. The molecule has 0 aliphatic rings. The fourth-order valence-corrected chi connectivity index (χ4v) is 0.445. The molecule has 4 N–H and O–H groups in total. The van der Waals surface area contributed by atoms with E-state index < -0.39 is 12.0 Å². The summed E-state index contributed by atoms with van der Waals surface area (Å²) >= 11 is 0. The Hall–Kier alpha value is -0.650. The Bertz CT molecular complexity index is 106. The second kappa shape index (κ2) is 5.16. The van der Waals surface area contributed by atoms with Crippen molar-refractivity contribution in [1.29, 1.82) is 0 Å². The second-order valence-corrected chi connectivity index (χ2v) is 1.91. The molecule has 0 fully saturated rings. The average molecular weight is 149 g/mol. The number of amides is 1. The zero-order chi connectivity index (χ0) is 7.98. The van der Waals surface area contributed by atoms with Gasteiger partial charge in [0.25, 0.3) is 0 Å². The van der Waals surface area contributed by atoms with E-state index in [2.05, 4.69) is 0 Å². The highest BCUT2D eigenvalue weighted by atomic mass is 16.5. The van der Waals surface area contributed by atoms with E-state index in [1.807, 2.05) is 0 Å². The maximum atomic E-state index is 10.3. The van der Waals surface area contributed by atoms with Crippen molar-refractivity contribution in [2.75, 3.05) is 6.61 Å². The van der Waals surface area contributed by atoms with Crippen LogP contribution in [0.5, 0.6) is 0 Å². The summed E-state index contributed by atoms with van der Waals surface area (Å²) in [6.07, 6.45) is -0.710. The van der Waals surface area contributed by atoms with Crippen LogP contribution >= 0.6 is 0 Å². The van der Waals surface area contributed by atoms with Gasteiger partial charge in [-0.3, -0.25) is 10.0 Å². The largest absolute Gasteiger partial charge is 0.394 e. The van der Waals surface area contributed by atoms with Crippen molar-refractivity contribution in [2.45, 2.75) is 18.9 Å². The minimum atomic E-state index is -0.878. The van der Waals surface area contributed by atoms with Crippen LogP contribution in [0.25, 0.3) is 0 Å². The highest BCUT2D eigenvalue weighted by Crippen LogP contribution is 1.94. The maximum absolute atomic E-state index is 10.3. The summed E-state index contributed by atoms with van der Waals surface area (Å²) in [4.78, 5) is 10.3. The van der Waals surface area contributed by atoms with E-state index in [0.29, 0.717) is 0 Å². The van der Waals surface area contributed by atoms with E-state index in [0.717, 1.165) is 0 Å². The lowest BCUT2D eigenvalue weighted by molar-refractivity contribution is -0.129. The Morgan fingerprint density at radius 3 is 2.60 bits per heavy atom. The number of nitrogens with one attached hydrogen (secondary N) is 1. The lowest BCUT2D eigenvalue weighted by Crippen LogP contribution is -2.21. The van der Waals surface area contributed by atoms with Crippen LogP contribution in [-0.4, -0.2) is 34.0 Å². The van der Waals surface area contributed by atoms with Crippen LogP contribution in [0.4, 0.5) is 0 Å². The van der Waals surface area contributed by atoms with Crippen LogP contribution in [0, 0.1) is 0 Å². The van der Waals surface area contributed by atoms with Gasteiger partial charge in [0.2, 0.25) is 5.91 Å². The number of aliphatic hydroxyl groups is 2. The minimum Gasteiger partial charge on any atom is -0.394 e. The molecule has 0 heterocycles. The van der Waals surface area contributed by atoms with Crippen LogP contribution in [0.15, 0.2) is 0 Å². The number of hydroxylamine groups is 1. The van der Waals surface area contributed by atoms with E-state index in [1.165, 1.54) is 5.48 Å². The summed E-state index contributed by atoms with van der Waals surface area (Å²) in [6.45, 7) is -0.362. The van der Waals surface area contributed by atoms with E-state index in [4.69, 9.17) is 15.4 Å². The first kappa shape index (κ1) is 9.35. The molecule has 0 saturated heterocycles. The lowest BCUT2D eigenvalue weighted by Gasteiger charge is -2.03. The monoisotopic (exact) mass is 149 g/mol. The van der Waals surface area contributed by atoms with Crippen molar-refractivity contribution in [3.63, 3.8) is 0 Å². The van der Waals surface area contributed by atoms with Crippen molar-refractivity contribution in [3.05, 3.63) is 0 Å². The van der Waals surface area contributed by atoms with E-state index in [1.54, 1.807) is 0 Å². The second-order valence-electron chi connectivity index (χ2n) is 1.91. The van der Waals surface area contributed by atoms with Gasteiger partial charge in [0.05, 0.1) is 12.7 Å². The van der Waals surface area contributed by atoms with Crippen LogP contribution in [0.2, 0.25) is 0 Å². The Labute approximate surface area is 58.2 Å². The molecule has 1 atom stereocenters. The topological polar surface area (TPSA) is 89.8 Å². The summed E-state index contributed by atoms with van der Waals surface area (Å²) in [7, 11) is 0. The molecule has 1 unspecified atom stereocenters. The summed E-state index contributed by atoms with van der Waals surface area (Å²) in [6, 6.07) is 0. The Morgan fingerprint density at radius 2 is 2.20 bits per heavy atom. The predicted octanol–water partition coefficient (Wildman–Crippen LogP) is -1.37. The van der Waals surface area contributed by atoms with Crippen molar-refractivity contribution in [3.8, 4) is 0 Å². The molecule has 5 nitrogen and oxygen atoms in total. The Balaban J connectivity index is 3.26. The fraction of sp³-hybridized carbons (Fsp3) is 0.800. The molecular formula is C5H11NO4. The van der Waals surface area contributed by atoms with Crippen LogP contribution in [-0.2, 0) is 4.79 Å². The minimum absolute atomic E-state index is 0.0121. The third-order valence-corrected chi connectivity index (χ3v) is 1.04. The van der Waals surface area contributed by atoms with Crippen LogP contribution in [0.1, 0.15) is 12.8 Å². The number of aliphatic hydroxyl groups excluding tert-OH is 2. The van der Waals surface area contributed by atoms with E-state index in [9.17, 15) is 4.79 Å². The summed E-state index contributed by atoms with van der Waals surface area (Å²) in [5.41, 5.74) is 1.41. The van der Waals surface area contributed by atoms with Gasteiger partial charge >= 0.3 is 0 Å². The van der Waals surface area contributed by atoms with Crippen molar-refractivity contribution in [1.82, 2.24) is 5.48 Å².